The van der Waals surface area contributed by atoms with Crippen molar-refractivity contribution in [2.45, 2.75) is 51.1 Å². The van der Waals surface area contributed by atoms with Crippen molar-refractivity contribution in [2.24, 2.45) is 0 Å². The molecule has 0 radical (unpaired) electrons. The number of ether oxygens (including phenoxy) is 1. The molecule has 44 heavy (non-hydrogen) atoms. The summed E-state index contributed by atoms with van der Waals surface area (Å²) in [6.45, 7) is 3.79. The van der Waals surface area contributed by atoms with E-state index in [2.05, 4.69) is 36.6 Å². The summed E-state index contributed by atoms with van der Waals surface area (Å²) < 4.78 is 5.85. The first-order valence-corrected chi connectivity index (χ1v) is 14.4. The van der Waals surface area contributed by atoms with E-state index in [-0.39, 0.29) is 45.2 Å². The summed E-state index contributed by atoms with van der Waals surface area (Å²) in [5, 5.41) is 42.1. The number of tetrazole rings is 1. The lowest BCUT2D eigenvalue weighted by Crippen LogP contribution is -2.52. The molecule has 1 heterocycles. The molecule has 0 spiro atoms. The van der Waals surface area contributed by atoms with Gasteiger partial charge in [0.05, 0.1) is 25.9 Å². The summed E-state index contributed by atoms with van der Waals surface area (Å²) in [6, 6.07) is 24.0. The maximum absolute atomic E-state index is 13.5. The van der Waals surface area contributed by atoms with E-state index in [1.54, 1.807) is 13.8 Å². The Hall–Kier alpha value is -4.49. The van der Waals surface area contributed by atoms with Crippen molar-refractivity contribution in [3.63, 3.8) is 0 Å². The largest absolute Gasteiger partial charge is 0.394 e. The number of nitrogens with one attached hydrogen (secondary N) is 4. The van der Waals surface area contributed by atoms with E-state index in [1.165, 1.54) is 0 Å². The number of hydrogen-bond acceptors (Lipinski definition) is 9. The zero-order chi connectivity index (χ0) is 31.4. The van der Waals surface area contributed by atoms with Crippen LogP contribution in [0.1, 0.15) is 31.4 Å². The van der Waals surface area contributed by atoms with E-state index in [4.69, 9.17) is 9.84 Å². The Morgan fingerprint density at radius 3 is 2.34 bits per heavy atom. The maximum atomic E-state index is 13.5. The number of aromatic amines is 1. The Labute approximate surface area is 256 Å². The van der Waals surface area contributed by atoms with Crippen LogP contribution in [0, 0.1) is 0 Å². The van der Waals surface area contributed by atoms with E-state index in [0.29, 0.717) is 5.82 Å². The Balaban J connectivity index is 1.46. The number of H-pyrrole nitrogens is 1. The normalized spacial score (nSPS) is 12.8. The van der Waals surface area contributed by atoms with E-state index in [9.17, 15) is 14.7 Å². The van der Waals surface area contributed by atoms with Gasteiger partial charge in [-0.2, -0.15) is 5.21 Å². The molecular formula is C32H39N7O5. The third-order valence-corrected chi connectivity index (χ3v) is 6.95. The minimum Gasteiger partial charge on any atom is -0.394 e. The molecule has 0 aliphatic carbocycles. The molecule has 0 bridgehead atoms. The zero-order valence-corrected chi connectivity index (χ0v) is 24.9. The molecule has 4 aromatic rings. The number of carbonyl (C=O) groups is 2. The van der Waals surface area contributed by atoms with Crippen LogP contribution in [0.25, 0.3) is 22.5 Å². The first kappa shape index (κ1) is 32.4. The molecule has 6 N–H and O–H groups in total. The fourth-order valence-corrected chi connectivity index (χ4v) is 4.65. The predicted octanol–water partition coefficient (Wildman–Crippen LogP) is 1.96. The molecule has 1 aromatic heterocycles. The fourth-order valence-electron chi connectivity index (χ4n) is 4.65. The average Bonchev–Trinajstić information content (AvgIpc) is 3.57. The number of benzene rings is 3. The smallest absolute Gasteiger partial charge is 0.245 e. The van der Waals surface area contributed by atoms with Crippen LogP contribution in [0.2, 0.25) is 0 Å². The Morgan fingerprint density at radius 1 is 0.955 bits per heavy atom. The number of aromatic nitrogens is 4. The third kappa shape index (κ3) is 9.51. The molecule has 4 rings (SSSR count). The summed E-state index contributed by atoms with van der Waals surface area (Å²) in [6.07, 6.45) is -0.909. The van der Waals surface area contributed by atoms with Gasteiger partial charge in [0.1, 0.15) is 6.04 Å². The standard InChI is InChI=1S/C32H39N7O5/c1-32(2,34-18-24(41)19-40)16-29(42)35-28(21-44-20-22-10-4-3-5-11-22)31(43)33-17-23-12-6-7-13-25(23)26-14-8-9-15-27(26)30-36-38-39-37-30/h3-15,24,28,34,40-41H,16-21H2,1-2H3,(H,33,43)(H,35,42)(H,36,37,38,39)/t24-,28+/m0/s1. The molecule has 0 unspecified atom stereocenters. The topological polar surface area (TPSA) is 174 Å². The lowest BCUT2D eigenvalue weighted by atomic mass is 9.95. The first-order valence-electron chi connectivity index (χ1n) is 14.4. The Bertz CT molecular complexity index is 1480. The van der Waals surface area contributed by atoms with Crippen molar-refractivity contribution >= 4 is 11.8 Å². The van der Waals surface area contributed by atoms with Crippen molar-refractivity contribution < 1.29 is 24.5 Å². The van der Waals surface area contributed by atoms with E-state index in [0.717, 1.165) is 27.8 Å². The monoisotopic (exact) mass is 601 g/mol. The number of rotatable bonds is 16. The molecule has 0 saturated carbocycles. The highest BCUT2D eigenvalue weighted by molar-refractivity contribution is 5.88. The number of amides is 2. The maximum Gasteiger partial charge on any atom is 0.245 e. The molecule has 0 aliphatic heterocycles. The van der Waals surface area contributed by atoms with E-state index in [1.807, 2.05) is 78.9 Å². The lowest BCUT2D eigenvalue weighted by Gasteiger charge is -2.28. The van der Waals surface area contributed by atoms with Crippen LogP contribution in [-0.2, 0) is 27.5 Å². The molecular weight excluding hydrogens is 562 g/mol. The summed E-state index contributed by atoms with van der Waals surface area (Å²) in [5.41, 5.74) is 3.68. The van der Waals surface area contributed by atoms with E-state index >= 15 is 0 Å². The quantitative estimate of drug-likeness (QED) is 0.112. The van der Waals surface area contributed by atoms with Crippen molar-refractivity contribution in [3.8, 4) is 22.5 Å². The van der Waals surface area contributed by atoms with Crippen molar-refractivity contribution in [1.82, 2.24) is 36.6 Å². The van der Waals surface area contributed by atoms with Crippen molar-refractivity contribution in [3.05, 3.63) is 90.0 Å². The highest BCUT2D eigenvalue weighted by atomic mass is 16.5. The number of β-amino-alcohol motifs (C(OH)–C–C–N with tert-alkyl or cyclic N) is 1. The lowest BCUT2D eigenvalue weighted by molar-refractivity contribution is -0.131. The molecule has 232 valence electrons. The third-order valence-electron chi connectivity index (χ3n) is 6.95. The van der Waals surface area contributed by atoms with Crippen LogP contribution in [-0.4, -0.2) is 80.1 Å². The van der Waals surface area contributed by atoms with Gasteiger partial charge >= 0.3 is 0 Å². The van der Waals surface area contributed by atoms with Crippen LogP contribution < -0.4 is 16.0 Å². The van der Waals surface area contributed by atoms with Crippen molar-refractivity contribution in [2.75, 3.05) is 19.8 Å². The second-order valence-electron chi connectivity index (χ2n) is 11.1. The summed E-state index contributed by atoms with van der Waals surface area (Å²) in [5.74, 6) is -0.297. The van der Waals surface area contributed by atoms with Gasteiger partial charge in [0, 0.05) is 30.6 Å². The molecule has 12 nitrogen and oxygen atoms in total. The van der Waals surface area contributed by atoms with Crippen LogP contribution in [0.15, 0.2) is 78.9 Å². The van der Waals surface area contributed by atoms with Gasteiger partial charge in [-0.15, -0.1) is 10.2 Å². The molecule has 0 fully saturated rings. The minimum absolute atomic E-state index is 0.0311. The van der Waals surface area contributed by atoms with Gasteiger partial charge in [-0.1, -0.05) is 78.9 Å². The first-order chi connectivity index (χ1) is 21.3. The molecule has 2 amide bonds. The van der Waals surface area contributed by atoms with Gasteiger partial charge in [-0.05, 0) is 41.3 Å². The SMILES string of the molecule is CC(C)(CC(=O)N[C@H](COCc1ccccc1)C(=O)NCc1ccccc1-c1ccccc1-c1nn[nH]n1)NC[C@H](O)CO. The molecule has 3 aromatic carbocycles. The fraction of sp³-hybridized carbons (Fsp3) is 0.344. The van der Waals surface area contributed by atoms with Crippen LogP contribution in [0.5, 0.6) is 0 Å². The second-order valence-corrected chi connectivity index (χ2v) is 11.1. The van der Waals surface area contributed by atoms with Gasteiger partial charge in [0.25, 0.3) is 0 Å². The number of aliphatic hydroxyl groups excluding tert-OH is 2. The Kier molecular flexibility index (Phi) is 11.7. The molecule has 0 saturated heterocycles. The van der Waals surface area contributed by atoms with Crippen LogP contribution in [0.3, 0.4) is 0 Å². The highest BCUT2D eigenvalue weighted by Crippen LogP contribution is 2.32. The van der Waals surface area contributed by atoms with Crippen LogP contribution in [0.4, 0.5) is 0 Å². The van der Waals surface area contributed by atoms with E-state index < -0.39 is 23.6 Å². The minimum atomic E-state index is -0.955. The number of nitrogens with zero attached hydrogens (tertiary/aromatic N) is 3. The average molecular weight is 602 g/mol. The van der Waals surface area contributed by atoms with Gasteiger partial charge < -0.3 is 30.9 Å². The number of aliphatic hydroxyl groups is 2. The summed E-state index contributed by atoms with van der Waals surface area (Å²) in [7, 11) is 0. The molecule has 12 heteroatoms. The van der Waals surface area contributed by atoms with Gasteiger partial charge in [0.2, 0.25) is 17.6 Å². The number of hydrogen-bond donors (Lipinski definition) is 6. The van der Waals surface area contributed by atoms with Crippen LogP contribution >= 0.6 is 0 Å². The number of carbonyl (C=O) groups excluding carboxylic acids is 2. The van der Waals surface area contributed by atoms with Crippen molar-refractivity contribution in [1.29, 1.82) is 0 Å². The highest BCUT2D eigenvalue weighted by Gasteiger charge is 2.27. The second kappa shape index (κ2) is 15.8. The summed E-state index contributed by atoms with van der Waals surface area (Å²) in [4.78, 5) is 26.6. The van der Waals surface area contributed by atoms with Gasteiger partial charge in [0.15, 0.2) is 0 Å². The zero-order valence-electron chi connectivity index (χ0n) is 24.9. The molecule has 2 atom stereocenters. The molecule has 0 aliphatic rings. The van der Waals surface area contributed by atoms with Gasteiger partial charge in [-0.25, -0.2) is 0 Å². The summed E-state index contributed by atoms with van der Waals surface area (Å²) >= 11 is 0. The predicted molar refractivity (Wildman–Crippen MR) is 165 cm³/mol. The van der Waals surface area contributed by atoms with Gasteiger partial charge in [-0.3, -0.25) is 9.59 Å². The Morgan fingerprint density at radius 2 is 1.64 bits per heavy atom.